The third kappa shape index (κ3) is 3.49. The molecule has 0 spiro atoms. The van der Waals surface area contributed by atoms with Crippen molar-refractivity contribution in [2.24, 2.45) is 0 Å². The Morgan fingerprint density at radius 2 is 1.47 bits per heavy atom. The predicted molar refractivity (Wildman–Crippen MR) is 38.6 cm³/mol. The summed E-state index contributed by atoms with van der Waals surface area (Å²) in [7, 11) is 0. The second-order valence-electron chi connectivity index (χ2n) is 2.81. The standard InChI is InChI=1S/C8H6F6O/c9-7(10,11)5-3-1-2-4-6(5)15-8(12,13)14/h3-4H,1-2H2. The Hall–Kier alpha value is -1.14. The summed E-state index contributed by atoms with van der Waals surface area (Å²) in [6.07, 6.45) is -8.28. The SMILES string of the molecule is FC(F)(F)OC1=CCCC=C1C(F)(F)F. The van der Waals surface area contributed by atoms with Gasteiger partial charge in [-0.3, -0.25) is 0 Å². The summed E-state index contributed by atoms with van der Waals surface area (Å²) in [4.78, 5) is 0. The molecule has 0 saturated heterocycles. The van der Waals surface area contributed by atoms with Crippen molar-refractivity contribution in [3.05, 3.63) is 23.5 Å². The fraction of sp³-hybridized carbons (Fsp3) is 0.500. The summed E-state index contributed by atoms with van der Waals surface area (Å²) < 4.78 is 75.2. The van der Waals surface area contributed by atoms with E-state index in [1.54, 1.807) is 0 Å². The molecule has 1 aliphatic carbocycles. The van der Waals surface area contributed by atoms with Gasteiger partial charge in [0.2, 0.25) is 0 Å². The van der Waals surface area contributed by atoms with Gasteiger partial charge in [0.1, 0.15) is 5.76 Å². The highest BCUT2D eigenvalue weighted by atomic mass is 19.4. The van der Waals surface area contributed by atoms with Crippen LogP contribution in [0.15, 0.2) is 23.5 Å². The fourth-order valence-electron chi connectivity index (χ4n) is 1.13. The number of hydrogen-bond acceptors (Lipinski definition) is 1. The second-order valence-corrected chi connectivity index (χ2v) is 2.81. The van der Waals surface area contributed by atoms with Crippen molar-refractivity contribution in [3.8, 4) is 0 Å². The third-order valence-corrected chi connectivity index (χ3v) is 1.64. The van der Waals surface area contributed by atoms with Crippen LogP contribution >= 0.6 is 0 Å². The van der Waals surface area contributed by atoms with Gasteiger partial charge in [-0.2, -0.15) is 13.2 Å². The van der Waals surface area contributed by atoms with Crippen LogP contribution in [0.2, 0.25) is 0 Å². The Bertz CT molecular complexity index is 295. The van der Waals surface area contributed by atoms with Crippen LogP contribution in [-0.2, 0) is 4.74 Å². The smallest absolute Gasteiger partial charge is 0.406 e. The summed E-state index contributed by atoms with van der Waals surface area (Å²) >= 11 is 0. The lowest BCUT2D eigenvalue weighted by Crippen LogP contribution is -2.22. The number of allylic oxidation sites excluding steroid dienone is 3. The van der Waals surface area contributed by atoms with Gasteiger partial charge in [-0.25, -0.2) is 0 Å². The summed E-state index contributed by atoms with van der Waals surface area (Å²) in [5.74, 6) is -1.17. The Morgan fingerprint density at radius 3 is 1.93 bits per heavy atom. The summed E-state index contributed by atoms with van der Waals surface area (Å²) in [6.45, 7) is 0. The average molecular weight is 232 g/mol. The van der Waals surface area contributed by atoms with E-state index >= 15 is 0 Å². The molecule has 1 aliphatic rings. The van der Waals surface area contributed by atoms with Gasteiger partial charge in [-0.15, -0.1) is 13.2 Å². The van der Waals surface area contributed by atoms with E-state index in [9.17, 15) is 26.3 Å². The average Bonchev–Trinajstić information content (AvgIpc) is 1.99. The van der Waals surface area contributed by atoms with Gasteiger partial charge in [0, 0.05) is 0 Å². The zero-order valence-corrected chi connectivity index (χ0v) is 7.24. The molecule has 0 N–H and O–H groups in total. The maximum absolute atomic E-state index is 12.2. The molecule has 1 nitrogen and oxygen atoms in total. The molecule has 0 amide bonds. The maximum atomic E-state index is 12.2. The number of halogens is 6. The van der Waals surface area contributed by atoms with E-state index < -0.39 is 23.9 Å². The zero-order valence-electron chi connectivity index (χ0n) is 7.24. The van der Waals surface area contributed by atoms with Crippen molar-refractivity contribution in [1.29, 1.82) is 0 Å². The minimum atomic E-state index is -5.10. The van der Waals surface area contributed by atoms with Crippen LogP contribution in [0.3, 0.4) is 0 Å². The topological polar surface area (TPSA) is 9.23 Å². The normalized spacial score (nSPS) is 18.3. The van der Waals surface area contributed by atoms with Crippen molar-refractivity contribution >= 4 is 0 Å². The van der Waals surface area contributed by atoms with Crippen LogP contribution < -0.4 is 0 Å². The molecule has 15 heavy (non-hydrogen) atoms. The van der Waals surface area contributed by atoms with E-state index in [0.29, 0.717) is 6.08 Å². The molecule has 0 unspecified atom stereocenters. The van der Waals surface area contributed by atoms with Crippen molar-refractivity contribution < 1.29 is 31.1 Å². The van der Waals surface area contributed by atoms with Crippen LogP contribution in [-0.4, -0.2) is 12.5 Å². The van der Waals surface area contributed by atoms with E-state index in [4.69, 9.17) is 0 Å². The third-order valence-electron chi connectivity index (χ3n) is 1.64. The van der Waals surface area contributed by atoms with Gasteiger partial charge >= 0.3 is 12.5 Å². The first-order valence-corrected chi connectivity index (χ1v) is 3.94. The van der Waals surface area contributed by atoms with Crippen molar-refractivity contribution in [1.82, 2.24) is 0 Å². The Labute approximate surface area is 81.0 Å². The molecule has 7 heteroatoms. The Balaban J connectivity index is 2.87. The van der Waals surface area contributed by atoms with E-state index in [-0.39, 0.29) is 12.8 Å². The maximum Gasteiger partial charge on any atom is 0.573 e. The molecule has 0 aromatic heterocycles. The molecule has 0 saturated carbocycles. The van der Waals surface area contributed by atoms with Gasteiger partial charge in [0.25, 0.3) is 0 Å². The largest absolute Gasteiger partial charge is 0.573 e. The quantitative estimate of drug-likeness (QED) is 0.626. The molecule has 0 radical (unpaired) electrons. The van der Waals surface area contributed by atoms with E-state index in [2.05, 4.69) is 4.74 Å². The van der Waals surface area contributed by atoms with E-state index in [0.717, 1.165) is 6.08 Å². The molecular weight excluding hydrogens is 226 g/mol. The number of alkyl halides is 6. The highest BCUT2D eigenvalue weighted by Gasteiger charge is 2.42. The van der Waals surface area contributed by atoms with Crippen LogP contribution in [0.1, 0.15) is 12.8 Å². The lowest BCUT2D eigenvalue weighted by molar-refractivity contribution is -0.305. The minimum absolute atomic E-state index is 0.0551. The Morgan fingerprint density at radius 1 is 0.933 bits per heavy atom. The molecule has 0 aliphatic heterocycles. The van der Waals surface area contributed by atoms with Gasteiger partial charge in [-0.05, 0) is 18.9 Å². The fourth-order valence-corrected chi connectivity index (χ4v) is 1.13. The lowest BCUT2D eigenvalue weighted by atomic mass is 10.0. The molecule has 1 rings (SSSR count). The van der Waals surface area contributed by atoms with E-state index in [1.807, 2.05) is 0 Å². The monoisotopic (exact) mass is 232 g/mol. The van der Waals surface area contributed by atoms with Crippen LogP contribution in [0.25, 0.3) is 0 Å². The van der Waals surface area contributed by atoms with Crippen molar-refractivity contribution in [2.45, 2.75) is 25.4 Å². The number of hydrogen-bond donors (Lipinski definition) is 0. The van der Waals surface area contributed by atoms with Crippen molar-refractivity contribution in [2.75, 3.05) is 0 Å². The molecule has 0 aromatic carbocycles. The van der Waals surface area contributed by atoms with Crippen molar-refractivity contribution in [3.63, 3.8) is 0 Å². The molecule has 86 valence electrons. The second kappa shape index (κ2) is 3.79. The molecule has 0 aromatic rings. The van der Waals surface area contributed by atoms with Crippen LogP contribution in [0.4, 0.5) is 26.3 Å². The summed E-state index contributed by atoms with van der Waals surface area (Å²) in [6, 6.07) is 0. The van der Waals surface area contributed by atoms with Gasteiger partial charge in [-0.1, -0.05) is 6.08 Å². The number of ether oxygens (including phenoxy) is 1. The summed E-state index contributed by atoms with van der Waals surface area (Å²) in [5, 5.41) is 0. The first-order valence-electron chi connectivity index (χ1n) is 3.94. The van der Waals surface area contributed by atoms with Gasteiger partial charge < -0.3 is 4.74 Å². The Kier molecular flexibility index (Phi) is 3.01. The van der Waals surface area contributed by atoms with E-state index in [1.165, 1.54) is 0 Å². The minimum Gasteiger partial charge on any atom is -0.406 e. The molecule has 0 bridgehead atoms. The predicted octanol–water partition coefficient (Wildman–Crippen LogP) is 3.69. The van der Waals surface area contributed by atoms with Gasteiger partial charge in [0.15, 0.2) is 0 Å². The molecule has 0 heterocycles. The van der Waals surface area contributed by atoms with Gasteiger partial charge in [0.05, 0.1) is 5.57 Å². The van der Waals surface area contributed by atoms with Crippen LogP contribution in [0.5, 0.6) is 0 Å². The van der Waals surface area contributed by atoms with Crippen LogP contribution in [0, 0.1) is 0 Å². The zero-order chi connectivity index (χ0) is 11.7. The molecular formula is C8H6F6O. The molecule has 0 fully saturated rings. The number of rotatable bonds is 1. The lowest BCUT2D eigenvalue weighted by Gasteiger charge is -2.20. The molecule has 0 atom stereocenters. The summed E-state index contributed by atoms with van der Waals surface area (Å²) in [5.41, 5.74) is -1.37. The first kappa shape index (κ1) is 11.9. The highest BCUT2D eigenvalue weighted by Crippen LogP contribution is 2.37. The highest BCUT2D eigenvalue weighted by molar-refractivity contribution is 5.33. The first-order chi connectivity index (χ1) is 6.70.